The molecule has 8 nitrogen and oxygen atoms in total. The lowest BCUT2D eigenvalue weighted by atomic mass is 9.96. The second kappa shape index (κ2) is 14.9. The van der Waals surface area contributed by atoms with E-state index in [1.165, 1.54) is 30.9 Å². The third kappa shape index (κ3) is 8.29. The van der Waals surface area contributed by atoms with Gasteiger partial charge in [-0.2, -0.15) is 0 Å². The maximum Gasteiger partial charge on any atom is 0.412 e. The predicted molar refractivity (Wildman–Crippen MR) is 169 cm³/mol. The van der Waals surface area contributed by atoms with Crippen molar-refractivity contribution in [2.24, 2.45) is 0 Å². The molecule has 0 atom stereocenters. The van der Waals surface area contributed by atoms with Crippen molar-refractivity contribution >= 4 is 28.0 Å². The van der Waals surface area contributed by atoms with Crippen LogP contribution in [0.2, 0.25) is 0 Å². The summed E-state index contributed by atoms with van der Waals surface area (Å²) in [6, 6.07) is 18.2. The summed E-state index contributed by atoms with van der Waals surface area (Å²) < 4.78 is 17.2. The first-order valence-electron chi connectivity index (χ1n) is 15.6. The number of para-hydroxylation sites is 1. The van der Waals surface area contributed by atoms with Gasteiger partial charge < -0.3 is 24.3 Å². The number of hydrogen-bond acceptors (Lipinski definition) is 7. The highest BCUT2D eigenvalue weighted by Gasteiger charge is 2.17. The van der Waals surface area contributed by atoms with Crippen LogP contribution in [0.1, 0.15) is 70.3 Å². The Bertz CT molecular complexity index is 1560. The highest BCUT2D eigenvalue weighted by Crippen LogP contribution is 2.30. The van der Waals surface area contributed by atoms with Crippen molar-refractivity contribution in [2.75, 3.05) is 19.7 Å². The first-order valence-corrected chi connectivity index (χ1v) is 15.6. The number of fused-ring (bicyclic) bond motifs is 2. The quantitative estimate of drug-likeness (QED) is 0.123. The molecule has 228 valence electrons. The zero-order valence-electron chi connectivity index (χ0n) is 25.0. The van der Waals surface area contributed by atoms with Gasteiger partial charge in [-0.25, -0.2) is 4.79 Å². The third-order valence-corrected chi connectivity index (χ3v) is 8.19. The number of ether oxygens (including phenoxy) is 2. The minimum atomic E-state index is -0.363. The molecule has 0 radical (unpaired) electrons. The molecule has 0 unspecified atom stereocenters. The van der Waals surface area contributed by atoms with Crippen molar-refractivity contribution in [3.63, 3.8) is 0 Å². The summed E-state index contributed by atoms with van der Waals surface area (Å²) in [5, 5.41) is 14.1. The van der Waals surface area contributed by atoms with E-state index in [1.807, 2.05) is 30.3 Å². The van der Waals surface area contributed by atoms with Gasteiger partial charge in [0.1, 0.15) is 33.8 Å². The van der Waals surface area contributed by atoms with Gasteiger partial charge in [0, 0.05) is 24.7 Å². The Hall–Kier alpha value is -4.04. The molecular formula is C35H42N2O6. The van der Waals surface area contributed by atoms with E-state index in [2.05, 4.69) is 17.1 Å². The molecular weight excluding hydrogens is 544 g/mol. The Morgan fingerprint density at radius 3 is 2.51 bits per heavy atom. The molecule has 0 saturated heterocycles. The van der Waals surface area contributed by atoms with Crippen LogP contribution >= 0.6 is 0 Å². The van der Waals surface area contributed by atoms with Crippen LogP contribution in [0.5, 0.6) is 17.2 Å². The van der Waals surface area contributed by atoms with Crippen LogP contribution in [-0.4, -0.2) is 41.8 Å². The van der Waals surface area contributed by atoms with Gasteiger partial charge in [0.05, 0.1) is 12.0 Å². The number of phenols is 1. The minimum absolute atomic E-state index is 0.131. The minimum Gasteiger partial charge on any atom is -0.507 e. The van der Waals surface area contributed by atoms with E-state index in [4.69, 9.17) is 13.9 Å². The number of hydrogen-bond donors (Lipinski definition) is 2. The number of nitrogens with one attached hydrogen (secondary N) is 1. The van der Waals surface area contributed by atoms with E-state index in [-0.39, 0.29) is 28.7 Å². The fourth-order valence-corrected chi connectivity index (χ4v) is 5.77. The average Bonchev–Trinajstić information content (AvgIpc) is 3.01. The van der Waals surface area contributed by atoms with Gasteiger partial charge in [-0.05, 0) is 68.6 Å². The molecule has 8 heteroatoms. The summed E-state index contributed by atoms with van der Waals surface area (Å²) in [5.41, 5.74) is 1.75. The number of nitrogens with zero attached hydrogens (tertiary/aromatic N) is 1. The van der Waals surface area contributed by atoms with E-state index in [1.54, 1.807) is 24.3 Å². The number of benzene rings is 3. The largest absolute Gasteiger partial charge is 0.507 e. The van der Waals surface area contributed by atoms with Crippen molar-refractivity contribution in [3.05, 3.63) is 76.5 Å². The summed E-state index contributed by atoms with van der Waals surface area (Å²) in [6.45, 7) is 5.51. The number of amides is 1. The average molecular weight is 587 g/mol. The van der Waals surface area contributed by atoms with E-state index in [0.29, 0.717) is 34.7 Å². The van der Waals surface area contributed by atoms with Gasteiger partial charge in [-0.1, -0.05) is 63.3 Å². The number of rotatable bonds is 13. The first-order chi connectivity index (χ1) is 21.0. The van der Waals surface area contributed by atoms with Crippen molar-refractivity contribution in [2.45, 2.75) is 77.3 Å². The number of carbonyl (C=O) groups excluding carboxylic acids is 1. The third-order valence-electron chi connectivity index (χ3n) is 8.19. The van der Waals surface area contributed by atoms with E-state index < -0.39 is 0 Å². The van der Waals surface area contributed by atoms with E-state index in [0.717, 1.165) is 58.2 Å². The van der Waals surface area contributed by atoms with Gasteiger partial charge in [0.2, 0.25) is 5.43 Å². The van der Waals surface area contributed by atoms with Crippen LogP contribution in [-0.2, 0) is 6.54 Å². The molecule has 2 N–H and O–H groups in total. The molecule has 1 aliphatic rings. The van der Waals surface area contributed by atoms with Crippen molar-refractivity contribution in [1.29, 1.82) is 0 Å². The normalized spacial score (nSPS) is 13.9. The number of carbonyl (C=O) groups is 1. The number of phenolic OH excluding ortho intramolecular Hbond substituents is 1. The molecule has 1 amide bonds. The van der Waals surface area contributed by atoms with Crippen molar-refractivity contribution in [3.8, 4) is 17.2 Å². The summed E-state index contributed by atoms with van der Waals surface area (Å²) in [6.07, 6.45) is 9.39. The Kier molecular flexibility index (Phi) is 10.6. The Morgan fingerprint density at radius 2 is 1.72 bits per heavy atom. The molecule has 43 heavy (non-hydrogen) atoms. The molecule has 1 aliphatic carbocycles. The monoisotopic (exact) mass is 586 g/mol. The molecule has 1 aromatic heterocycles. The van der Waals surface area contributed by atoms with Crippen molar-refractivity contribution in [1.82, 2.24) is 10.2 Å². The predicted octanol–water partition coefficient (Wildman–Crippen LogP) is 7.53. The van der Waals surface area contributed by atoms with E-state index in [9.17, 15) is 14.7 Å². The molecule has 4 aromatic rings. The Balaban J connectivity index is 1.00. The molecule has 1 heterocycles. The smallest absolute Gasteiger partial charge is 0.412 e. The van der Waals surface area contributed by atoms with Crippen LogP contribution in [0.3, 0.4) is 0 Å². The Morgan fingerprint density at radius 1 is 0.953 bits per heavy atom. The fraction of sp³-hybridized carbons (Fsp3) is 0.429. The van der Waals surface area contributed by atoms with E-state index >= 15 is 0 Å². The van der Waals surface area contributed by atoms with Gasteiger partial charge in [-0.15, -0.1) is 0 Å². The zero-order valence-corrected chi connectivity index (χ0v) is 25.0. The highest BCUT2D eigenvalue weighted by atomic mass is 16.6. The van der Waals surface area contributed by atoms with Crippen LogP contribution in [0.25, 0.3) is 21.9 Å². The summed E-state index contributed by atoms with van der Waals surface area (Å²) in [4.78, 5) is 27.4. The molecule has 5 rings (SSSR count). The lowest BCUT2D eigenvalue weighted by Crippen LogP contribution is -2.37. The molecule has 1 saturated carbocycles. The Labute approximate surface area is 252 Å². The molecule has 0 bridgehead atoms. The second-order valence-corrected chi connectivity index (χ2v) is 11.4. The summed E-state index contributed by atoms with van der Waals surface area (Å²) in [5.74, 6) is 0.926. The standard InChI is InChI=1S/C35H42N2O6/c1-2-37(24-25-16-18-27(19-17-25)42-35(40)36-26-12-6-5-7-13-26)20-10-3-4-11-21-41-28-22-30(38)33-32(23-28)43-31-15-9-8-14-29(31)34(33)39/h8-9,14-19,22-23,26,38H,2-7,10-13,20-21,24H2,1H3,(H,36,40). The maximum absolute atomic E-state index is 12.8. The highest BCUT2D eigenvalue weighted by molar-refractivity contribution is 5.93. The maximum atomic E-state index is 12.8. The second-order valence-electron chi connectivity index (χ2n) is 11.4. The fourth-order valence-electron chi connectivity index (χ4n) is 5.77. The van der Waals surface area contributed by atoms with Crippen LogP contribution < -0.4 is 20.2 Å². The van der Waals surface area contributed by atoms with Crippen LogP contribution in [0.15, 0.2) is 69.9 Å². The lowest BCUT2D eigenvalue weighted by molar-refractivity contribution is 0.192. The molecule has 3 aromatic carbocycles. The van der Waals surface area contributed by atoms with Gasteiger partial charge >= 0.3 is 6.09 Å². The lowest BCUT2D eigenvalue weighted by Gasteiger charge is -2.22. The number of aromatic hydroxyl groups is 1. The van der Waals surface area contributed by atoms with Crippen molar-refractivity contribution < 1.29 is 23.8 Å². The van der Waals surface area contributed by atoms with Crippen LogP contribution in [0, 0.1) is 0 Å². The summed E-state index contributed by atoms with van der Waals surface area (Å²) in [7, 11) is 0. The first kappa shape index (κ1) is 30.4. The van der Waals surface area contributed by atoms with Crippen LogP contribution in [0.4, 0.5) is 4.79 Å². The zero-order chi connectivity index (χ0) is 30.0. The van der Waals surface area contributed by atoms with Gasteiger partial charge in [0.15, 0.2) is 0 Å². The van der Waals surface area contributed by atoms with Gasteiger partial charge in [-0.3, -0.25) is 9.69 Å². The van der Waals surface area contributed by atoms with Gasteiger partial charge in [0.25, 0.3) is 0 Å². The topological polar surface area (TPSA) is 101 Å². The SMILES string of the molecule is CCN(CCCCCCOc1cc(O)c2c(=O)c3ccccc3oc2c1)Cc1ccc(OC(=O)NC2CCCCC2)cc1. The molecule has 0 aliphatic heterocycles. The molecule has 0 spiro atoms. The summed E-state index contributed by atoms with van der Waals surface area (Å²) >= 11 is 0. The number of unbranched alkanes of at least 4 members (excludes halogenated alkanes) is 3. The molecule has 1 fully saturated rings.